The van der Waals surface area contributed by atoms with Crippen LogP contribution in [0.1, 0.15) is 13.8 Å². The van der Waals surface area contributed by atoms with Crippen LogP contribution in [0.2, 0.25) is 0 Å². The van der Waals surface area contributed by atoms with Gasteiger partial charge in [0, 0.05) is 13.1 Å². The van der Waals surface area contributed by atoms with E-state index in [1.54, 1.807) is 0 Å². The predicted octanol–water partition coefficient (Wildman–Crippen LogP) is -1.55. The molecule has 0 aliphatic rings. The molecule has 7 nitrogen and oxygen atoms in total. The van der Waals surface area contributed by atoms with Crippen LogP contribution in [0.3, 0.4) is 0 Å². The first-order chi connectivity index (χ1) is 7.83. The van der Waals surface area contributed by atoms with Gasteiger partial charge in [0.2, 0.25) is 0 Å². The Kier molecular flexibility index (Phi) is 61.9. The topological polar surface area (TPSA) is 157 Å². The summed E-state index contributed by atoms with van der Waals surface area (Å²) in [5.74, 6) is 0. The van der Waals surface area contributed by atoms with Crippen molar-refractivity contribution < 1.29 is 10.2 Å². The summed E-state index contributed by atoms with van der Waals surface area (Å²) in [6.07, 6.45) is 0. The number of aliphatic hydroxyl groups is 2. The molecule has 0 saturated carbocycles. The molecule has 0 bridgehead atoms. The predicted molar refractivity (Wildman–Crippen MR) is 88.3 cm³/mol. The number of aliphatic hydroxyl groups excluding tert-OH is 2. The summed E-state index contributed by atoms with van der Waals surface area (Å²) in [6.45, 7) is 6.33. The second kappa shape index (κ2) is 36.0. The molecule has 0 aromatic rings. The molecular weight excluding hydrogens is 285 g/mol. The van der Waals surface area contributed by atoms with Gasteiger partial charge in [-0.3, -0.25) is 0 Å². The van der Waals surface area contributed by atoms with E-state index in [-0.39, 0.29) is 34.7 Å². The van der Waals surface area contributed by atoms with Crippen molar-refractivity contribution in [2.24, 2.45) is 22.9 Å². The third-order valence-electron chi connectivity index (χ3n) is 0.421. The van der Waals surface area contributed by atoms with E-state index in [0.29, 0.717) is 13.1 Å². The van der Waals surface area contributed by atoms with Crippen molar-refractivity contribution in [3.8, 4) is 0 Å². The van der Waals surface area contributed by atoms with Crippen molar-refractivity contribution in [2.75, 3.05) is 26.2 Å². The number of nitrogens with one attached hydrogen (secondary N) is 1. The summed E-state index contributed by atoms with van der Waals surface area (Å²) < 4.78 is 0. The summed E-state index contributed by atoms with van der Waals surface area (Å²) in [5.41, 5.74) is 19.1. The van der Waals surface area contributed by atoms with E-state index in [0.717, 1.165) is 13.1 Å². The molecule has 0 amide bonds. The van der Waals surface area contributed by atoms with Gasteiger partial charge in [0.1, 0.15) is 0 Å². The fraction of sp³-hybridized carbons (Fsp3) is 0.750. The summed E-state index contributed by atoms with van der Waals surface area (Å²) >= 11 is 8.12. The fourth-order valence-electron chi connectivity index (χ4n) is 0.179. The molecule has 18 heavy (non-hydrogen) atoms. The van der Waals surface area contributed by atoms with Crippen LogP contribution in [0, 0.1) is 0 Å². The Labute approximate surface area is 142 Å². The second-order valence-electron chi connectivity index (χ2n) is 2.18. The van der Waals surface area contributed by atoms with Gasteiger partial charge < -0.3 is 38.5 Å². The molecule has 0 fully saturated rings. The van der Waals surface area contributed by atoms with Gasteiger partial charge in [0.25, 0.3) is 10.3 Å². The summed E-state index contributed by atoms with van der Waals surface area (Å²) in [6, 6.07) is 0. The molecule has 0 heterocycles. The van der Waals surface area contributed by atoms with Crippen molar-refractivity contribution in [3.05, 3.63) is 0 Å². The van der Waals surface area contributed by atoms with Crippen molar-refractivity contribution in [3.63, 3.8) is 0 Å². The van der Waals surface area contributed by atoms with Crippen molar-refractivity contribution >= 4 is 64.3 Å². The Balaban J connectivity index is -0.0000000445. The van der Waals surface area contributed by atoms with E-state index in [2.05, 4.69) is 35.5 Å². The first-order valence-corrected chi connectivity index (χ1v) is 5.70. The fourth-order valence-corrected chi connectivity index (χ4v) is 0.281. The maximum atomic E-state index is 8.25. The van der Waals surface area contributed by atoms with Gasteiger partial charge in [-0.15, -0.1) is 0 Å². The molecule has 108 valence electrons. The minimum atomic E-state index is -0.500. The third-order valence-corrected chi connectivity index (χ3v) is 0.565. The van der Waals surface area contributed by atoms with E-state index < -0.39 is 5.17 Å². The number of thiocarbonyl (C=S) groups is 2. The van der Waals surface area contributed by atoms with Crippen LogP contribution in [0.4, 0.5) is 0 Å². The SMILES string of the molecule is CCN.CCN.NC(O)=S.NCCNC(O)=S.[NaH]. The summed E-state index contributed by atoms with van der Waals surface area (Å²) in [7, 11) is 0. The third kappa shape index (κ3) is 209. The standard InChI is InChI=1S/C3H8N2OS.2C2H7N.CH3NOS.Na.H/c4-1-2-5-3(6)7;2*1-2-3;2-1(3)4;;/h1-2,4H2,(H2,5,6,7);2*2-3H2,1H3;(H3,2,3,4);;. The van der Waals surface area contributed by atoms with E-state index >= 15 is 0 Å². The van der Waals surface area contributed by atoms with Gasteiger partial charge in [-0.05, 0) is 37.5 Å². The number of rotatable bonds is 2. The molecule has 0 aromatic carbocycles. The summed E-state index contributed by atoms with van der Waals surface area (Å²) in [5, 5.41) is 17.6. The molecule has 0 saturated heterocycles. The Morgan fingerprint density at radius 2 is 1.28 bits per heavy atom. The van der Waals surface area contributed by atoms with Crippen LogP contribution in [0.25, 0.3) is 0 Å². The van der Waals surface area contributed by atoms with Crippen LogP contribution in [0.15, 0.2) is 0 Å². The Hall–Kier alpha value is 0.260. The maximum absolute atomic E-state index is 8.25. The van der Waals surface area contributed by atoms with E-state index in [9.17, 15) is 0 Å². The van der Waals surface area contributed by atoms with Gasteiger partial charge in [-0.1, -0.05) is 13.8 Å². The Morgan fingerprint density at radius 3 is 1.33 bits per heavy atom. The molecule has 11 N–H and O–H groups in total. The first kappa shape index (κ1) is 30.9. The van der Waals surface area contributed by atoms with Gasteiger partial charge in [-0.2, -0.15) is 0 Å². The number of hydrogen-bond donors (Lipinski definition) is 7. The molecule has 0 aliphatic heterocycles. The average Bonchev–Trinajstić information content (AvgIpc) is 2.16. The molecule has 0 atom stereocenters. The van der Waals surface area contributed by atoms with Crippen LogP contribution >= 0.6 is 24.4 Å². The first-order valence-electron chi connectivity index (χ1n) is 4.89. The van der Waals surface area contributed by atoms with E-state index in [1.165, 1.54) is 0 Å². The van der Waals surface area contributed by atoms with E-state index in [4.69, 9.17) is 27.4 Å². The average molecular weight is 311 g/mol. The Bertz CT molecular complexity index is 160. The van der Waals surface area contributed by atoms with Gasteiger partial charge in [-0.25, -0.2) is 0 Å². The number of nitrogens with two attached hydrogens (primary N) is 4. The zero-order valence-corrected chi connectivity index (χ0v) is 12.0. The van der Waals surface area contributed by atoms with Crippen LogP contribution in [0.5, 0.6) is 0 Å². The summed E-state index contributed by atoms with van der Waals surface area (Å²) in [4.78, 5) is 0. The van der Waals surface area contributed by atoms with E-state index in [1.807, 2.05) is 13.8 Å². The second-order valence-corrected chi connectivity index (χ2v) is 2.98. The van der Waals surface area contributed by atoms with Crippen molar-refractivity contribution in [1.82, 2.24) is 5.32 Å². The molecule has 10 heteroatoms. The van der Waals surface area contributed by atoms with Gasteiger partial charge in [0.05, 0.1) is 0 Å². The number of hydrogen-bond acceptors (Lipinski definition) is 5. The monoisotopic (exact) mass is 311 g/mol. The zero-order chi connectivity index (χ0) is 14.7. The van der Waals surface area contributed by atoms with Crippen LogP contribution < -0.4 is 28.3 Å². The molecule has 0 aliphatic carbocycles. The minimum absolute atomic E-state index is 0. The molecule has 0 aromatic heterocycles. The van der Waals surface area contributed by atoms with Crippen LogP contribution in [-0.4, -0.2) is 76.3 Å². The normalized spacial score (nSPS) is 6.50. The zero-order valence-electron chi connectivity index (χ0n) is 10.3. The van der Waals surface area contributed by atoms with Gasteiger partial charge in [0.15, 0.2) is 0 Å². The van der Waals surface area contributed by atoms with Crippen molar-refractivity contribution in [1.29, 1.82) is 0 Å². The molecular formula is C8H26N5NaO2S2. The molecule has 0 radical (unpaired) electrons. The molecule has 0 rings (SSSR count). The van der Waals surface area contributed by atoms with Crippen molar-refractivity contribution in [2.45, 2.75) is 13.8 Å². The van der Waals surface area contributed by atoms with Gasteiger partial charge >= 0.3 is 29.6 Å². The van der Waals surface area contributed by atoms with Crippen LogP contribution in [-0.2, 0) is 0 Å². The quantitative estimate of drug-likeness (QED) is 0.237. The molecule has 0 spiro atoms. The Morgan fingerprint density at radius 1 is 1.06 bits per heavy atom. The molecule has 0 unspecified atom stereocenters.